The molecule has 3 aromatic rings. The lowest BCUT2D eigenvalue weighted by Crippen LogP contribution is -2.17. The van der Waals surface area contributed by atoms with Crippen LogP contribution < -0.4 is 10.7 Å². The molecule has 0 unspecified atom stereocenters. The molecule has 0 atom stereocenters. The van der Waals surface area contributed by atoms with Gasteiger partial charge in [-0.2, -0.15) is 10.1 Å². The number of fused-ring (bicyclic) bond motifs is 1. The van der Waals surface area contributed by atoms with Crippen LogP contribution in [0.5, 0.6) is 0 Å². The molecule has 1 aliphatic carbocycles. The molecule has 0 bridgehead atoms. The van der Waals surface area contributed by atoms with Gasteiger partial charge in [-0.15, -0.1) is 27.8 Å². The topological polar surface area (TPSA) is 121 Å². The summed E-state index contributed by atoms with van der Waals surface area (Å²) in [7, 11) is 0. The zero-order valence-corrected chi connectivity index (χ0v) is 19.8. The number of H-pyrrole nitrogens is 1. The Morgan fingerprint density at radius 1 is 1.38 bits per heavy atom. The van der Waals surface area contributed by atoms with Gasteiger partial charge < -0.3 is 10.1 Å². The van der Waals surface area contributed by atoms with E-state index in [2.05, 4.69) is 31.0 Å². The van der Waals surface area contributed by atoms with Crippen molar-refractivity contribution in [1.29, 1.82) is 0 Å². The normalized spacial score (nSPS) is 13.2. The van der Waals surface area contributed by atoms with Crippen molar-refractivity contribution in [3.05, 3.63) is 38.4 Å². The lowest BCUT2D eigenvalue weighted by atomic mass is 9.95. The molecule has 1 amide bonds. The number of ether oxygens (including phenoxy) is 1. The first-order valence-corrected chi connectivity index (χ1v) is 12.8. The Hall–Kier alpha value is -2.70. The molecule has 0 saturated carbocycles. The van der Waals surface area contributed by atoms with E-state index in [4.69, 9.17) is 4.74 Å². The van der Waals surface area contributed by atoms with Crippen LogP contribution in [0.15, 0.2) is 27.8 Å². The van der Waals surface area contributed by atoms with Crippen LogP contribution in [0.3, 0.4) is 0 Å². The number of carbonyl (C=O) groups is 2. The molecule has 168 valence electrons. The summed E-state index contributed by atoms with van der Waals surface area (Å²) in [5.41, 5.74) is 4.31. The summed E-state index contributed by atoms with van der Waals surface area (Å²) < 4.78 is 5.23. The lowest BCUT2D eigenvalue weighted by Gasteiger charge is -2.12. The van der Waals surface area contributed by atoms with Gasteiger partial charge in [-0.05, 0) is 49.6 Å². The average molecular weight is 491 g/mol. The maximum atomic E-state index is 12.6. The fraction of sp³-hybridized carbons (Fsp3) is 0.350. The molecule has 0 radical (unpaired) electrons. The van der Waals surface area contributed by atoms with E-state index in [1.165, 1.54) is 23.1 Å². The Balaban J connectivity index is 1.34. The predicted molar refractivity (Wildman–Crippen MR) is 128 cm³/mol. The number of rotatable bonds is 9. The highest BCUT2D eigenvalue weighted by atomic mass is 32.2. The summed E-state index contributed by atoms with van der Waals surface area (Å²) in [6.07, 6.45) is 5.59. The standard InChI is InChI=1S/C20H22N6O3S3/c1-2-29-18(28)16-13-7-3-4-8-14(13)32-17(16)22-15(27)11-31-20-23-19(25-26-20)24-21-10-12-6-5-9-30-12/h5-6,9-10H,2-4,7-8,11H2,1H3,(H,22,27)(H2,23,24,25,26)/b21-10-. The van der Waals surface area contributed by atoms with E-state index in [-0.39, 0.29) is 17.6 Å². The number of aryl methyl sites for hydroxylation is 1. The third-order valence-electron chi connectivity index (χ3n) is 4.61. The maximum absolute atomic E-state index is 12.6. The molecule has 12 heteroatoms. The van der Waals surface area contributed by atoms with Gasteiger partial charge in [0.15, 0.2) is 0 Å². The number of hydrogen-bond acceptors (Lipinski definition) is 10. The van der Waals surface area contributed by atoms with Gasteiger partial charge in [0.05, 0.1) is 24.1 Å². The molecular formula is C20H22N6O3S3. The van der Waals surface area contributed by atoms with Crippen LogP contribution in [0.1, 0.15) is 45.4 Å². The quantitative estimate of drug-likeness (QED) is 0.178. The van der Waals surface area contributed by atoms with Gasteiger partial charge in [0, 0.05) is 9.75 Å². The van der Waals surface area contributed by atoms with Crippen molar-refractivity contribution in [2.75, 3.05) is 23.1 Å². The van der Waals surface area contributed by atoms with Gasteiger partial charge in [0.25, 0.3) is 0 Å². The first kappa shape index (κ1) is 22.5. The Morgan fingerprint density at radius 3 is 3.06 bits per heavy atom. The molecule has 0 fully saturated rings. The Morgan fingerprint density at radius 2 is 2.25 bits per heavy atom. The maximum Gasteiger partial charge on any atom is 0.341 e. The molecule has 0 spiro atoms. The highest BCUT2D eigenvalue weighted by Gasteiger charge is 2.27. The number of thiophene rings is 2. The van der Waals surface area contributed by atoms with Crippen LogP contribution in [-0.2, 0) is 22.4 Å². The summed E-state index contributed by atoms with van der Waals surface area (Å²) in [5.74, 6) is -0.103. The van der Waals surface area contributed by atoms with Gasteiger partial charge in [-0.1, -0.05) is 17.8 Å². The SMILES string of the molecule is CCOC(=O)c1c(NC(=O)CSc2n[nH]c(N/N=C\c3cccs3)n2)sc2c1CCCC2. The number of nitrogens with zero attached hydrogens (tertiary/aromatic N) is 3. The van der Waals surface area contributed by atoms with Gasteiger partial charge in [-0.25, -0.2) is 15.3 Å². The van der Waals surface area contributed by atoms with Gasteiger partial charge >= 0.3 is 5.97 Å². The Kier molecular flexibility index (Phi) is 7.55. The molecule has 3 heterocycles. The summed E-state index contributed by atoms with van der Waals surface area (Å²) in [5, 5.41) is 16.8. The number of carbonyl (C=O) groups excluding carboxylic acids is 2. The second kappa shape index (κ2) is 10.7. The van der Waals surface area contributed by atoms with Crippen LogP contribution in [0, 0.1) is 0 Å². The number of esters is 1. The summed E-state index contributed by atoms with van der Waals surface area (Å²) in [6, 6.07) is 3.90. The van der Waals surface area contributed by atoms with Gasteiger partial charge in [0.1, 0.15) is 5.00 Å². The van der Waals surface area contributed by atoms with Crippen LogP contribution >= 0.6 is 34.4 Å². The predicted octanol–water partition coefficient (Wildman–Crippen LogP) is 4.16. The Labute approximate surface area is 197 Å². The number of anilines is 2. The lowest BCUT2D eigenvalue weighted by molar-refractivity contribution is -0.113. The number of amides is 1. The van der Waals surface area contributed by atoms with Crippen molar-refractivity contribution >= 4 is 63.5 Å². The minimum absolute atomic E-state index is 0.112. The smallest absolute Gasteiger partial charge is 0.341 e. The minimum atomic E-state index is -0.373. The average Bonchev–Trinajstić information content (AvgIpc) is 3.52. The highest BCUT2D eigenvalue weighted by molar-refractivity contribution is 7.99. The third kappa shape index (κ3) is 5.56. The zero-order chi connectivity index (χ0) is 22.3. The van der Waals surface area contributed by atoms with E-state index < -0.39 is 0 Å². The number of nitrogens with one attached hydrogen (secondary N) is 3. The molecule has 1 aliphatic rings. The fourth-order valence-electron chi connectivity index (χ4n) is 3.25. The number of aromatic nitrogens is 3. The third-order valence-corrected chi connectivity index (χ3v) is 7.47. The van der Waals surface area contributed by atoms with Crippen LogP contribution in [0.2, 0.25) is 0 Å². The molecule has 0 aliphatic heterocycles. The van der Waals surface area contributed by atoms with E-state index in [1.54, 1.807) is 24.5 Å². The van der Waals surface area contributed by atoms with Crippen molar-refractivity contribution in [3.63, 3.8) is 0 Å². The van der Waals surface area contributed by atoms with Crippen molar-refractivity contribution < 1.29 is 14.3 Å². The monoisotopic (exact) mass is 490 g/mol. The van der Waals surface area contributed by atoms with E-state index in [0.717, 1.165) is 41.0 Å². The van der Waals surface area contributed by atoms with Crippen molar-refractivity contribution in [1.82, 2.24) is 15.2 Å². The van der Waals surface area contributed by atoms with Crippen molar-refractivity contribution in [2.24, 2.45) is 5.10 Å². The van der Waals surface area contributed by atoms with Gasteiger partial charge in [0.2, 0.25) is 17.0 Å². The second-order valence-corrected chi connectivity index (χ2v) is 9.85. The number of thioether (sulfide) groups is 1. The molecule has 0 saturated heterocycles. The highest BCUT2D eigenvalue weighted by Crippen LogP contribution is 2.38. The Bertz CT molecular complexity index is 1110. The molecule has 4 rings (SSSR count). The second-order valence-electron chi connectivity index (χ2n) is 6.82. The van der Waals surface area contributed by atoms with E-state index in [9.17, 15) is 9.59 Å². The summed E-state index contributed by atoms with van der Waals surface area (Å²) in [6.45, 7) is 2.07. The number of aromatic amines is 1. The van der Waals surface area contributed by atoms with Crippen LogP contribution in [0.25, 0.3) is 0 Å². The van der Waals surface area contributed by atoms with Crippen molar-refractivity contribution in [3.8, 4) is 0 Å². The molecule has 3 N–H and O–H groups in total. The first-order valence-electron chi connectivity index (χ1n) is 10.1. The van der Waals surface area contributed by atoms with E-state index in [0.29, 0.717) is 28.3 Å². The molecular weight excluding hydrogens is 468 g/mol. The number of hydrogen-bond donors (Lipinski definition) is 3. The van der Waals surface area contributed by atoms with E-state index in [1.807, 2.05) is 17.5 Å². The number of hydrazone groups is 1. The van der Waals surface area contributed by atoms with Crippen LogP contribution in [-0.4, -0.2) is 45.6 Å². The largest absolute Gasteiger partial charge is 0.462 e. The zero-order valence-electron chi connectivity index (χ0n) is 17.3. The fourth-order valence-corrected chi connectivity index (χ4v) is 5.73. The molecule has 9 nitrogen and oxygen atoms in total. The first-order chi connectivity index (χ1) is 15.6. The molecule has 3 aromatic heterocycles. The van der Waals surface area contributed by atoms with Gasteiger partial charge in [-0.3, -0.25) is 4.79 Å². The van der Waals surface area contributed by atoms with E-state index >= 15 is 0 Å². The molecule has 0 aromatic carbocycles. The van der Waals surface area contributed by atoms with Crippen LogP contribution in [0.4, 0.5) is 10.9 Å². The van der Waals surface area contributed by atoms with Crippen molar-refractivity contribution in [2.45, 2.75) is 37.8 Å². The summed E-state index contributed by atoms with van der Waals surface area (Å²) in [4.78, 5) is 31.5. The summed E-state index contributed by atoms with van der Waals surface area (Å²) >= 11 is 4.24. The minimum Gasteiger partial charge on any atom is -0.462 e. The molecule has 32 heavy (non-hydrogen) atoms.